The number of carbonyl (C=O) groups is 1. The van der Waals surface area contributed by atoms with Crippen molar-refractivity contribution >= 4 is 29.0 Å². The number of nitrogens with one attached hydrogen (secondary N) is 1. The van der Waals surface area contributed by atoms with Crippen LogP contribution in [0, 0.1) is 11.7 Å². The maximum atomic E-state index is 13.9. The Morgan fingerprint density at radius 1 is 1.39 bits per heavy atom. The minimum absolute atomic E-state index is 0.0875. The van der Waals surface area contributed by atoms with Gasteiger partial charge in [-0.25, -0.2) is 4.39 Å². The fourth-order valence-corrected chi connectivity index (χ4v) is 4.34. The van der Waals surface area contributed by atoms with Crippen LogP contribution in [0.15, 0.2) is 61.2 Å². The van der Waals surface area contributed by atoms with E-state index in [0.717, 1.165) is 5.56 Å². The number of hydrogen-bond acceptors (Lipinski definition) is 4. The number of thiocarbonyl (C=S) groups is 1. The van der Waals surface area contributed by atoms with E-state index in [1.165, 1.54) is 18.2 Å². The number of ether oxygens (including phenoxy) is 2. The number of carbonyl (C=O) groups excluding carboxylic acids is 1. The molecule has 1 fully saturated rings. The molecule has 5 nitrogen and oxygen atoms in total. The Hall–Kier alpha value is -2.93. The van der Waals surface area contributed by atoms with Gasteiger partial charge in [0.1, 0.15) is 24.1 Å². The van der Waals surface area contributed by atoms with Crippen molar-refractivity contribution < 1.29 is 18.7 Å². The van der Waals surface area contributed by atoms with E-state index in [2.05, 4.69) is 11.9 Å². The van der Waals surface area contributed by atoms with E-state index in [1.54, 1.807) is 24.0 Å². The van der Waals surface area contributed by atoms with Gasteiger partial charge in [-0.1, -0.05) is 36.9 Å². The molecule has 2 aromatic carbocycles. The number of benzene rings is 2. The summed E-state index contributed by atoms with van der Waals surface area (Å²) in [4.78, 5) is 14.6. The standard InChI is InChI=1S/C21H19FN2O3S/c1-3-11-26-19(25)17-18-15-9-4-5-10-16(15)27-21(17,2)24(20(28)23-18)14-8-6-7-13(22)12-14/h3-10,12,17-18H,1,11H2,2H3,(H,23,28)/t17-,18-,21-/m0/s1. The lowest BCUT2D eigenvalue weighted by molar-refractivity contribution is -0.159. The van der Waals surface area contributed by atoms with Crippen molar-refractivity contribution in [1.29, 1.82) is 0 Å². The fraction of sp³-hybridized carbons (Fsp3) is 0.238. The third-order valence-electron chi connectivity index (χ3n) is 5.07. The molecule has 1 N–H and O–H groups in total. The van der Waals surface area contributed by atoms with E-state index in [1.807, 2.05) is 24.3 Å². The summed E-state index contributed by atoms with van der Waals surface area (Å²) in [5.74, 6) is -0.956. The molecular weight excluding hydrogens is 379 g/mol. The molecular formula is C21H19FN2O3S. The van der Waals surface area contributed by atoms with E-state index in [9.17, 15) is 9.18 Å². The molecule has 0 aliphatic carbocycles. The summed E-state index contributed by atoms with van der Waals surface area (Å²) in [5.41, 5.74) is 0.106. The maximum Gasteiger partial charge on any atom is 0.317 e. The number of halogens is 1. The molecule has 0 spiro atoms. The first kappa shape index (κ1) is 18.4. The molecule has 0 aromatic heterocycles. The van der Waals surface area contributed by atoms with Gasteiger partial charge in [-0.05, 0) is 43.4 Å². The summed E-state index contributed by atoms with van der Waals surface area (Å²) in [6, 6.07) is 13.1. The fourth-order valence-electron chi connectivity index (χ4n) is 3.92. The largest absolute Gasteiger partial charge is 0.466 e. The monoisotopic (exact) mass is 398 g/mol. The summed E-state index contributed by atoms with van der Waals surface area (Å²) in [7, 11) is 0. The highest BCUT2D eigenvalue weighted by Gasteiger charge is 2.59. The van der Waals surface area contributed by atoms with Crippen LogP contribution in [0.4, 0.5) is 10.1 Å². The Morgan fingerprint density at radius 2 is 2.18 bits per heavy atom. The molecule has 0 unspecified atom stereocenters. The van der Waals surface area contributed by atoms with Crippen LogP contribution in [0.3, 0.4) is 0 Å². The van der Waals surface area contributed by atoms with Crippen molar-refractivity contribution in [1.82, 2.24) is 5.32 Å². The topological polar surface area (TPSA) is 50.8 Å². The molecule has 3 atom stereocenters. The maximum absolute atomic E-state index is 13.9. The van der Waals surface area contributed by atoms with E-state index in [0.29, 0.717) is 16.5 Å². The lowest BCUT2D eigenvalue weighted by Gasteiger charge is -2.55. The van der Waals surface area contributed by atoms with Gasteiger partial charge in [0.2, 0.25) is 5.72 Å². The second-order valence-corrected chi connectivity index (χ2v) is 7.22. The third kappa shape index (κ3) is 2.82. The normalized spacial score (nSPS) is 25.2. The number of hydrogen-bond donors (Lipinski definition) is 1. The summed E-state index contributed by atoms with van der Waals surface area (Å²) in [6.45, 7) is 5.45. The quantitative estimate of drug-likeness (QED) is 0.481. The van der Waals surface area contributed by atoms with Crippen LogP contribution in [0.5, 0.6) is 5.75 Å². The predicted octanol–water partition coefficient (Wildman–Crippen LogP) is 3.72. The highest BCUT2D eigenvalue weighted by atomic mass is 32.1. The molecule has 28 heavy (non-hydrogen) atoms. The Balaban J connectivity index is 1.87. The zero-order valence-corrected chi connectivity index (χ0v) is 16.0. The first-order valence-electron chi connectivity index (χ1n) is 8.87. The minimum Gasteiger partial charge on any atom is -0.466 e. The van der Waals surface area contributed by atoms with Gasteiger partial charge < -0.3 is 14.8 Å². The van der Waals surface area contributed by atoms with E-state index in [-0.39, 0.29) is 6.61 Å². The van der Waals surface area contributed by atoms with E-state index >= 15 is 0 Å². The van der Waals surface area contributed by atoms with Crippen molar-refractivity contribution in [2.45, 2.75) is 18.7 Å². The number of rotatable bonds is 4. The van der Waals surface area contributed by atoms with Gasteiger partial charge in [-0.2, -0.15) is 0 Å². The number of fused-ring (bicyclic) bond motifs is 4. The molecule has 2 aliphatic rings. The van der Waals surface area contributed by atoms with Gasteiger partial charge in [-0.15, -0.1) is 0 Å². The van der Waals surface area contributed by atoms with Gasteiger partial charge in [-0.3, -0.25) is 9.69 Å². The van der Waals surface area contributed by atoms with Gasteiger partial charge in [0.05, 0.1) is 6.04 Å². The highest BCUT2D eigenvalue weighted by Crippen LogP contribution is 2.49. The summed E-state index contributed by atoms with van der Waals surface area (Å²) < 4.78 is 25.6. The number of para-hydroxylation sites is 1. The van der Waals surface area contributed by atoms with Crippen molar-refractivity contribution in [3.8, 4) is 5.75 Å². The van der Waals surface area contributed by atoms with Crippen molar-refractivity contribution in [2.24, 2.45) is 5.92 Å². The van der Waals surface area contributed by atoms with Gasteiger partial charge in [0, 0.05) is 11.3 Å². The first-order chi connectivity index (χ1) is 13.5. The second kappa shape index (κ2) is 6.91. The average Bonchev–Trinajstić information content (AvgIpc) is 2.65. The van der Waals surface area contributed by atoms with Gasteiger partial charge >= 0.3 is 5.97 Å². The summed E-state index contributed by atoms with van der Waals surface area (Å²) in [6.07, 6.45) is 1.51. The molecule has 2 aliphatic heterocycles. The first-order valence-corrected chi connectivity index (χ1v) is 9.28. The molecule has 144 valence electrons. The Bertz CT molecular complexity index is 966. The number of anilines is 1. The third-order valence-corrected chi connectivity index (χ3v) is 5.37. The van der Waals surface area contributed by atoms with Crippen LogP contribution in [0.1, 0.15) is 18.5 Å². The molecule has 0 amide bonds. The van der Waals surface area contributed by atoms with Crippen molar-refractivity contribution in [3.63, 3.8) is 0 Å². The van der Waals surface area contributed by atoms with E-state index in [4.69, 9.17) is 21.7 Å². The zero-order chi connectivity index (χ0) is 19.9. The number of esters is 1. The summed E-state index contributed by atoms with van der Waals surface area (Å²) >= 11 is 5.58. The highest BCUT2D eigenvalue weighted by molar-refractivity contribution is 7.80. The molecule has 2 aromatic rings. The molecule has 2 bridgehead atoms. The van der Waals surface area contributed by atoms with Crippen LogP contribution < -0.4 is 15.0 Å². The Morgan fingerprint density at radius 3 is 2.93 bits per heavy atom. The predicted molar refractivity (Wildman–Crippen MR) is 107 cm³/mol. The van der Waals surface area contributed by atoms with Crippen LogP contribution >= 0.6 is 12.2 Å². The lowest BCUT2D eigenvalue weighted by atomic mass is 9.79. The molecule has 1 saturated heterocycles. The Labute approximate surface area is 167 Å². The number of nitrogens with zero attached hydrogens (tertiary/aromatic N) is 1. The SMILES string of the molecule is C=CCOC(=O)[C@@H]1[C@H]2NC(=S)N(c3cccc(F)c3)[C@@]1(C)Oc1ccccc12. The van der Waals surface area contributed by atoms with Crippen molar-refractivity contribution in [2.75, 3.05) is 11.5 Å². The van der Waals surface area contributed by atoms with Crippen LogP contribution in [0.2, 0.25) is 0 Å². The van der Waals surface area contributed by atoms with Crippen molar-refractivity contribution in [3.05, 3.63) is 72.6 Å². The molecule has 0 saturated carbocycles. The average molecular weight is 398 g/mol. The molecule has 0 radical (unpaired) electrons. The lowest BCUT2D eigenvalue weighted by Crippen LogP contribution is -2.71. The van der Waals surface area contributed by atoms with Crippen LogP contribution in [-0.2, 0) is 9.53 Å². The molecule has 7 heteroatoms. The molecule has 2 heterocycles. The van der Waals surface area contributed by atoms with Gasteiger partial charge in [0.15, 0.2) is 5.11 Å². The second-order valence-electron chi connectivity index (χ2n) is 6.83. The zero-order valence-electron chi connectivity index (χ0n) is 15.2. The van der Waals surface area contributed by atoms with Crippen LogP contribution in [0.25, 0.3) is 0 Å². The summed E-state index contributed by atoms with van der Waals surface area (Å²) in [5, 5.41) is 3.58. The Kier molecular flexibility index (Phi) is 4.55. The van der Waals surface area contributed by atoms with E-state index < -0.39 is 29.5 Å². The minimum atomic E-state index is -1.20. The van der Waals surface area contributed by atoms with Crippen LogP contribution in [-0.4, -0.2) is 23.4 Å². The molecule has 4 rings (SSSR count). The smallest absolute Gasteiger partial charge is 0.317 e. The van der Waals surface area contributed by atoms with Gasteiger partial charge in [0.25, 0.3) is 0 Å².